The number of hydrogen-bond acceptors (Lipinski definition) is 2. The van der Waals surface area contributed by atoms with Crippen molar-refractivity contribution in [3.8, 4) is 6.07 Å². The largest absolute Gasteiger partial charge is 0.349 e. The Balaban J connectivity index is 2.19. The highest BCUT2D eigenvalue weighted by Crippen LogP contribution is 2.08. The average molecular weight is 264 g/mol. The second-order valence-corrected chi connectivity index (χ2v) is 4.28. The fourth-order valence-electron chi connectivity index (χ4n) is 1.71. The van der Waals surface area contributed by atoms with Crippen molar-refractivity contribution in [2.24, 2.45) is 0 Å². The molecular weight excluding hydrogens is 250 g/mol. The predicted octanol–water partition coefficient (Wildman–Crippen LogP) is 2.35. The molecule has 0 atom stereocenters. The molecule has 4 nitrogen and oxygen atoms in total. The monoisotopic (exact) mass is 264 g/mol. The fraction of sp³-hybridized carbons (Fsp3) is 0.0625. The molecule has 2 rings (SSSR count). The number of aromatic nitrogens is 1. The molecule has 1 amide bonds. The molecular formula is C16H14N3O+. The van der Waals surface area contributed by atoms with Crippen molar-refractivity contribution >= 4 is 17.8 Å². The van der Waals surface area contributed by atoms with Crippen LogP contribution in [0.4, 0.5) is 5.82 Å². The molecule has 0 spiro atoms. The van der Waals surface area contributed by atoms with Gasteiger partial charge >= 0.3 is 5.91 Å². The number of hydrogen-bond donors (Lipinski definition) is 1. The van der Waals surface area contributed by atoms with Crippen LogP contribution >= 0.6 is 0 Å². The average Bonchev–Trinajstić information content (AvgIpc) is 2.45. The number of nitrogens with zero attached hydrogens (tertiary/aromatic N) is 1. The van der Waals surface area contributed by atoms with E-state index in [1.807, 2.05) is 55.5 Å². The van der Waals surface area contributed by atoms with E-state index in [0.717, 1.165) is 11.3 Å². The van der Waals surface area contributed by atoms with Gasteiger partial charge in [0.2, 0.25) is 0 Å². The maximum atomic E-state index is 12.0. The number of aromatic amines is 1. The lowest BCUT2D eigenvalue weighted by Gasteiger charge is -1.98. The molecule has 1 aromatic heterocycles. The minimum atomic E-state index is -0.432. The molecule has 0 unspecified atom stereocenters. The molecule has 0 aliphatic rings. The number of amides is 1. The first-order valence-corrected chi connectivity index (χ1v) is 6.16. The third kappa shape index (κ3) is 3.53. The molecule has 2 N–H and O–H groups in total. The van der Waals surface area contributed by atoms with Gasteiger partial charge in [0.15, 0.2) is 0 Å². The van der Waals surface area contributed by atoms with Crippen LogP contribution in [0.25, 0.3) is 6.08 Å². The summed E-state index contributed by atoms with van der Waals surface area (Å²) in [6.07, 6.45) is 1.56. The van der Waals surface area contributed by atoms with Crippen LogP contribution in [0.15, 0.2) is 54.1 Å². The first-order chi connectivity index (χ1) is 9.69. The van der Waals surface area contributed by atoms with E-state index in [1.165, 1.54) is 0 Å². The molecule has 1 aromatic carbocycles. The smallest absolute Gasteiger partial charge is 0.245 e. The topological polar surface area (TPSA) is 67.0 Å². The standard InChI is InChI=1S/C16H13N3O/c1-12-6-5-9-15(18-12)19-16(20)14(11-17)10-13-7-3-2-4-8-13/h2-10H,1H3,(H,18,19,20)/p+1. The molecule has 1 heterocycles. The maximum Gasteiger partial charge on any atom is 0.349 e. The zero-order valence-electron chi connectivity index (χ0n) is 11.1. The molecule has 0 radical (unpaired) electrons. The van der Waals surface area contributed by atoms with Crippen molar-refractivity contribution in [2.75, 3.05) is 5.32 Å². The highest BCUT2D eigenvalue weighted by atomic mass is 16.1. The van der Waals surface area contributed by atoms with Gasteiger partial charge in [0.05, 0.1) is 5.69 Å². The third-order valence-electron chi connectivity index (χ3n) is 2.66. The fourth-order valence-corrected chi connectivity index (χ4v) is 1.71. The quantitative estimate of drug-likeness (QED) is 0.683. The molecule has 20 heavy (non-hydrogen) atoms. The minimum Gasteiger partial charge on any atom is -0.245 e. The van der Waals surface area contributed by atoms with Crippen LogP contribution in [0.1, 0.15) is 11.3 Å². The Morgan fingerprint density at radius 1 is 1.20 bits per heavy atom. The number of nitriles is 1. The van der Waals surface area contributed by atoms with E-state index in [1.54, 1.807) is 12.1 Å². The Hall–Kier alpha value is -2.93. The molecule has 0 fully saturated rings. The first-order valence-electron chi connectivity index (χ1n) is 6.16. The van der Waals surface area contributed by atoms with E-state index in [0.29, 0.717) is 5.82 Å². The summed E-state index contributed by atoms with van der Waals surface area (Å²) in [7, 11) is 0. The molecule has 0 aliphatic heterocycles. The summed E-state index contributed by atoms with van der Waals surface area (Å²) in [5, 5.41) is 11.8. The lowest BCUT2D eigenvalue weighted by atomic mass is 10.1. The van der Waals surface area contributed by atoms with Crippen molar-refractivity contribution in [1.82, 2.24) is 0 Å². The van der Waals surface area contributed by atoms with E-state index in [9.17, 15) is 4.79 Å². The third-order valence-corrected chi connectivity index (χ3v) is 2.66. The molecule has 2 aromatic rings. The van der Waals surface area contributed by atoms with Gasteiger partial charge in [0.25, 0.3) is 5.82 Å². The van der Waals surface area contributed by atoms with E-state index >= 15 is 0 Å². The zero-order chi connectivity index (χ0) is 14.4. The highest BCUT2D eigenvalue weighted by molar-refractivity contribution is 6.09. The zero-order valence-corrected chi connectivity index (χ0v) is 11.1. The summed E-state index contributed by atoms with van der Waals surface area (Å²) < 4.78 is 0. The molecule has 0 saturated heterocycles. The number of H-pyrrole nitrogens is 1. The van der Waals surface area contributed by atoms with Crippen molar-refractivity contribution in [3.63, 3.8) is 0 Å². The Kier molecular flexibility index (Phi) is 4.25. The summed E-state index contributed by atoms with van der Waals surface area (Å²) in [4.78, 5) is 15.0. The number of benzene rings is 1. The van der Waals surface area contributed by atoms with Crippen molar-refractivity contribution in [1.29, 1.82) is 5.26 Å². The van der Waals surface area contributed by atoms with Crippen LogP contribution in [0.3, 0.4) is 0 Å². The van der Waals surface area contributed by atoms with Crippen molar-refractivity contribution < 1.29 is 9.78 Å². The van der Waals surface area contributed by atoms with E-state index in [-0.39, 0.29) is 5.57 Å². The summed E-state index contributed by atoms with van der Waals surface area (Å²) in [6, 6.07) is 16.6. The van der Waals surface area contributed by atoms with Crippen molar-refractivity contribution in [3.05, 3.63) is 65.4 Å². The Bertz CT molecular complexity index is 684. The predicted molar refractivity (Wildman–Crippen MR) is 76.4 cm³/mol. The van der Waals surface area contributed by atoms with Gasteiger partial charge in [-0.25, -0.2) is 15.1 Å². The number of carbonyl (C=O) groups is 1. The lowest BCUT2D eigenvalue weighted by molar-refractivity contribution is -0.370. The number of rotatable bonds is 3. The number of pyridine rings is 1. The number of anilines is 1. The lowest BCUT2D eigenvalue weighted by Crippen LogP contribution is -2.21. The van der Waals surface area contributed by atoms with E-state index in [4.69, 9.17) is 5.26 Å². The van der Waals surface area contributed by atoms with Crippen LogP contribution in [-0.2, 0) is 4.79 Å². The van der Waals surface area contributed by atoms with Gasteiger partial charge in [0.1, 0.15) is 11.6 Å². The first kappa shape index (κ1) is 13.5. The summed E-state index contributed by atoms with van der Waals surface area (Å²) in [6.45, 7) is 1.89. The van der Waals surface area contributed by atoms with Gasteiger partial charge in [0, 0.05) is 6.07 Å². The van der Waals surface area contributed by atoms with Crippen LogP contribution in [0.5, 0.6) is 0 Å². The normalized spacial score (nSPS) is 10.7. The Morgan fingerprint density at radius 2 is 1.95 bits per heavy atom. The van der Waals surface area contributed by atoms with Gasteiger partial charge in [-0.2, -0.15) is 5.26 Å². The number of carbonyl (C=O) groups excluding carboxylic acids is 1. The van der Waals surface area contributed by atoms with Gasteiger partial charge in [-0.05, 0) is 24.6 Å². The number of nitrogens with one attached hydrogen (secondary N) is 2. The van der Waals surface area contributed by atoms with E-state index < -0.39 is 5.91 Å². The maximum absolute atomic E-state index is 12.0. The minimum absolute atomic E-state index is 0.0612. The van der Waals surface area contributed by atoms with Crippen LogP contribution in [0, 0.1) is 18.3 Å². The summed E-state index contributed by atoms with van der Waals surface area (Å²) in [5.74, 6) is 0.127. The van der Waals surface area contributed by atoms with Gasteiger partial charge in [-0.1, -0.05) is 36.4 Å². The number of aryl methyl sites for hydroxylation is 1. The van der Waals surface area contributed by atoms with Gasteiger partial charge < -0.3 is 0 Å². The Morgan fingerprint density at radius 3 is 2.60 bits per heavy atom. The highest BCUT2D eigenvalue weighted by Gasteiger charge is 2.15. The second kappa shape index (κ2) is 6.30. The van der Waals surface area contributed by atoms with Crippen LogP contribution in [-0.4, -0.2) is 5.91 Å². The van der Waals surface area contributed by atoms with Crippen LogP contribution in [0.2, 0.25) is 0 Å². The van der Waals surface area contributed by atoms with Crippen LogP contribution < -0.4 is 10.3 Å². The molecule has 0 bridgehead atoms. The molecule has 0 saturated carbocycles. The SMILES string of the molecule is Cc1cccc(NC(=O)C(C#N)=Cc2ccccc2)[nH+]1. The summed E-state index contributed by atoms with van der Waals surface area (Å²) in [5.41, 5.74) is 1.80. The van der Waals surface area contributed by atoms with Gasteiger partial charge in [-0.15, -0.1) is 0 Å². The van der Waals surface area contributed by atoms with E-state index in [2.05, 4.69) is 10.3 Å². The molecule has 98 valence electrons. The van der Waals surface area contributed by atoms with Gasteiger partial charge in [-0.3, -0.25) is 0 Å². The second-order valence-electron chi connectivity index (χ2n) is 4.28. The summed E-state index contributed by atoms with van der Waals surface area (Å²) >= 11 is 0. The van der Waals surface area contributed by atoms with Crippen molar-refractivity contribution in [2.45, 2.75) is 6.92 Å². The molecule has 0 aliphatic carbocycles. The Labute approximate surface area is 117 Å². The molecule has 4 heteroatoms.